The van der Waals surface area contributed by atoms with E-state index in [4.69, 9.17) is 0 Å². The van der Waals surface area contributed by atoms with Gasteiger partial charge in [-0.05, 0) is 18.4 Å². The molecule has 0 aromatic heterocycles. The zero-order valence-electron chi connectivity index (χ0n) is 7.22. The van der Waals surface area contributed by atoms with Gasteiger partial charge in [-0.15, -0.1) is 0 Å². The van der Waals surface area contributed by atoms with E-state index in [1.54, 1.807) is 6.08 Å². The molecule has 0 unspecified atom stereocenters. The van der Waals surface area contributed by atoms with Crippen LogP contribution in [0.5, 0.6) is 0 Å². The molecule has 11 heavy (non-hydrogen) atoms. The smallest absolute Gasteiger partial charge is 0.0671 e. The van der Waals surface area contributed by atoms with Gasteiger partial charge in [-0.3, -0.25) is 0 Å². The molecular weight excluding hydrogens is 140 g/mol. The van der Waals surface area contributed by atoms with Gasteiger partial charge in [-0.25, -0.2) is 0 Å². The van der Waals surface area contributed by atoms with Gasteiger partial charge < -0.3 is 9.90 Å². The van der Waals surface area contributed by atoms with Crippen LogP contribution >= 0.6 is 0 Å². The van der Waals surface area contributed by atoms with Crippen LogP contribution in [-0.4, -0.2) is 5.97 Å². The second-order valence-corrected chi connectivity index (χ2v) is 2.51. The normalized spacial score (nSPS) is 11.6. The molecule has 0 spiro atoms. The number of carboxylic acids is 1. The summed E-state index contributed by atoms with van der Waals surface area (Å²) < 4.78 is 0. The van der Waals surface area contributed by atoms with Crippen LogP contribution in [0.1, 0.15) is 39.5 Å². The average Bonchev–Trinajstić information content (AvgIpc) is 1.97. The van der Waals surface area contributed by atoms with Crippen molar-refractivity contribution < 1.29 is 9.90 Å². The number of carbonyl (C=O) groups excluding carboxylic acids is 1. The molecule has 0 bridgehead atoms. The zero-order chi connectivity index (χ0) is 8.69. The third-order valence-corrected chi connectivity index (χ3v) is 1.59. The van der Waals surface area contributed by atoms with Gasteiger partial charge in [0.15, 0.2) is 0 Å². The number of aliphatic carboxylic acids is 1. The van der Waals surface area contributed by atoms with Crippen molar-refractivity contribution in [1.82, 2.24) is 0 Å². The maximum absolute atomic E-state index is 10.3. The Morgan fingerprint density at radius 3 is 2.45 bits per heavy atom. The lowest BCUT2D eigenvalue weighted by atomic mass is 10.1. The summed E-state index contributed by atoms with van der Waals surface area (Å²) in [6.45, 7) is 3.91. The highest BCUT2D eigenvalue weighted by molar-refractivity contribution is 5.84. The first kappa shape index (κ1) is 10.2. The summed E-state index contributed by atoms with van der Waals surface area (Å²) in [6.07, 6.45) is 5.33. The lowest BCUT2D eigenvalue weighted by Crippen LogP contribution is -2.24. The summed E-state index contributed by atoms with van der Waals surface area (Å²) >= 11 is 0. The molecule has 0 rings (SSSR count). The van der Waals surface area contributed by atoms with Crippen molar-refractivity contribution in [1.29, 1.82) is 0 Å². The molecule has 0 aromatic carbocycles. The van der Waals surface area contributed by atoms with Crippen LogP contribution in [0.4, 0.5) is 0 Å². The first-order valence-electron chi connectivity index (χ1n) is 4.12. The molecule has 0 aliphatic carbocycles. The Hall–Kier alpha value is -0.790. The van der Waals surface area contributed by atoms with Gasteiger partial charge in [-0.1, -0.05) is 32.8 Å². The van der Waals surface area contributed by atoms with E-state index in [1.165, 1.54) is 0 Å². The molecule has 0 N–H and O–H groups in total. The van der Waals surface area contributed by atoms with Crippen molar-refractivity contribution >= 4 is 5.97 Å². The Morgan fingerprint density at radius 2 is 2.09 bits per heavy atom. The van der Waals surface area contributed by atoms with E-state index in [0.717, 1.165) is 19.3 Å². The van der Waals surface area contributed by atoms with E-state index in [-0.39, 0.29) is 0 Å². The third-order valence-electron chi connectivity index (χ3n) is 1.59. The van der Waals surface area contributed by atoms with Gasteiger partial charge in [0.05, 0.1) is 5.97 Å². The molecule has 0 atom stereocenters. The Labute approximate surface area is 67.9 Å². The number of hydrogen-bond acceptors (Lipinski definition) is 2. The van der Waals surface area contributed by atoms with E-state index >= 15 is 0 Å². The predicted octanol–water partition coefficient (Wildman–Crippen LogP) is 1.26. The van der Waals surface area contributed by atoms with Crippen LogP contribution in [0, 0.1) is 0 Å². The predicted molar refractivity (Wildman–Crippen MR) is 42.9 cm³/mol. The van der Waals surface area contributed by atoms with E-state index < -0.39 is 5.97 Å². The van der Waals surface area contributed by atoms with Crippen LogP contribution in [0.2, 0.25) is 0 Å². The molecule has 0 saturated heterocycles. The maximum Gasteiger partial charge on any atom is 0.0671 e. The number of allylic oxidation sites excluding steroid dienone is 1. The fourth-order valence-electron chi connectivity index (χ4n) is 0.852. The van der Waals surface area contributed by atoms with E-state index in [0.29, 0.717) is 12.0 Å². The quantitative estimate of drug-likeness (QED) is 0.443. The van der Waals surface area contributed by atoms with Crippen LogP contribution in [0.25, 0.3) is 0 Å². The van der Waals surface area contributed by atoms with Crippen LogP contribution in [-0.2, 0) is 4.79 Å². The molecule has 0 radical (unpaired) electrons. The van der Waals surface area contributed by atoms with E-state index in [1.807, 2.05) is 6.92 Å². The van der Waals surface area contributed by atoms with Crippen molar-refractivity contribution in [2.24, 2.45) is 0 Å². The molecule has 2 heteroatoms. The molecule has 0 heterocycles. The summed E-state index contributed by atoms with van der Waals surface area (Å²) in [6, 6.07) is 0. The number of unbranched alkanes of at least 4 members (excludes halogenated alkanes) is 2. The number of carboxylic acid groups (broad SMARTS) is 1. The number of hydrogen-bond donors (Lipinski definition) is 0. The summed E-state index contributed by atoms with van der Waals surface area (Å²) in [5.74, 6) is -1.02. The fourth-order valence-corrected chi connectivity index (χ4v) is 0.852. The van der Waals surface area contributed by atoms with Crippen molar-refractivity contribution in [2.75, 3.05) is 0 Å². The van der Waals surface area contributed by atoms with Gasteiger partial charge in [0.25, 0.3) is 0 Å². The highest BCUT2D eigenvalue weighted by atomic mass is 16.4. The van der Waals surface area contributed by atoms with Gasteiger partial charge in [-0.2, -0.15) is 0 Å². The summed E-state index contributed by atoms with van der Waals surface area (Å²) in [4.78, 5) is 10.3. The van der Waals surface area contributed by atoms with E-state index in [9.17, 15) is 9.90 Å². The molecule has 0 aliphatic rings. The van der Waals surface area contributed by atoms with Gasteiger partial charge in [0.2, 0.25) is 0 Å². The van der Waals surface area contributed by atoms with Crippen LogP contribution in [0.3, 0.4) is 0 Å². The van der Waals surface area contributed by atoms with Crippen molar-refractivity contribution in [3.8, 4) is 0 Å². The molecule has 0 saturated carbocycles. The fraction of sp³-hybridized carbons (Fsp3) is 0.667. The molecule has 0 fully saturated rings. The minimum Gasteiger partial charge on any atom is -0.545 e. The average molecular weight is 155 g/mol. The SMILES string of the molecule is CCCC/C=C(/CC)C(=O)[O-]. The molecule has 2 nitrogen and oxygen atoms in total. The second-order valence-electron chi connectivity index (χ2n) is 2.51. The van der Waals surface area contributed by atoms with Crippen LogP contribution < -0.4 is 5.11 Å². The minimum atomic E-state index is -1.02. The molecule has 64 valence electrons. The lowest BCUT2D eigenvalue weighted by Gasteiger charge is -2.04. The Bertz CT molecular complexity index is 148. The molecule has 0 amide bonds. The van der Waals surface area contributed by atoms with Crippen molar-refractivity contribution in [3.05, 3.63) is 11.6 Å². The standard InChI is InChI=1S/C9H16O2/c1-3-5-6-7-8(4-2)9(10)11/h7H,3-6H2,1-2H3,(H,10,11)/p-1/b8-7-. The second kappa shape index (κ2) is 5.96. The Balaban J connectivity index is 3.81. The monoisotopic (exact) mass is 155 g/mol. The highest BCUT2D eigenvalue weighted by Gasteiger charge is 1.92. The topological polar surface area (TPSA) is 40.1 Å². The highest BCUT2D eigenvalue weighted by Crippen LogP contribution is 2.03. The molecular formula is C9H15O2-. The summed E-state index contributed by atoms with van der Waals surface area (Å²) in [5, 5.41) is 10.3. The van der Waals surface area contributed by atoms with Crippen molar-refractivity contribution in [2.45, 2.75) is 39.5 Å². The number of carbonyl (C=O) groups is 1. The summed E-state index contributed by atoms with van der Waals surface area (Å²) in [7, 11) is 0. The molecule has 0 aliphatic heterocycles. The van der Waals surface area contributed by atoms with Crippen molar-refractivity contribution in [3.63, 3.8) is 0 Å². The first-order valence-corrected chi connectivity index (χ1v) is 4.12. The van der Waals surface area contributed by atoms with E-state index in [2.05, 4.69) is 6.92 Å². The maximum atomic E-state index is 10.3. The summed E-state index contributed by atoms with van der Waals surface area (Å²) in [5.41, 5.74) is 0.429. The third kappa shape index (κ3) is 4.59. The Kier molecular flexibility index (Phi) is 5.53. The Morgan fingerprint density at radius 1 is 1.45 bits per heavy atom. The largest absolute Gasteiger partial charge is 0.545 e. The van der Waals surface area contributed by atoms with Gasteiger partial charge >= 0.3 is 0 Å². The zero-order valence-corrected chi connectivity index (χ0v) is 7.22. The first-order chi connectivity index (χ1) is 5.22. The van der Waals surface area contributed by atoms with Gasteiger partial charge in [0.1, 0.15) is 0 Å². The van der Waals surface area contributed by atoms with Crippen LogP contribution in [0.15, 0.2) is 11.6 Å². The number of rotatable bonds is 5. The minimum absolute atomic E-state index is 0.429. The lowest BCUT2D eigenvalue weighted by molar-refractivity contribution is -0.299. The molecule has 0 aromatic rings. The van der Waals surface area contributed by atoms with Gasteiger partial charge in [0, 0.05) is 0 Å².